The number of para-hydroxylation sites is 1. The van der Waals surface area contributed by atoms with Crippen LogP contribution in [0.3, 0.4) is 0 Å². The fraction of sp³-hybridized carbons (Fsp3) is 0.200. The third-order valence-electron chi connectivity index (χ3n) is 7.37. The minimum absolute atomic E-state index is 0.0355. The third kappa shape index (κ3) is 5.98. The third-order valence-corrected chi connectivity index (χ3v) is 7.70. The Morgan fingerprint density at radius 1 is 0.878 bits per heavy atom. The highest BCUT2D eigenvalue weighted by Gasteiger charge is 2.48. The molecule has 1 spiro atoms. The van der Waals surface area contributed by atoms with Gasteiger partial charge < -0.3 is 26.6 Å². The molecule has 1 aliphatic carbocycles. The Hall–Kier alpha value is -4.54. The molecule has 2 aliphatic rings. The first kappa shape index (κ1) is 26.7. The first-order valence-electron chi connectivity index (χ1n) is 13.2. The van der Waals surface area contributed by atoms with E-state index in [0.717, 1.165) is 32.1 Å². The number of nitrogens with one attached hydrogen (secondary N) is 5. The Kier molecular flexibility index (Phi) is 7.25. The Morgan fingerprint density at radius 2 is 1.51 bits per heavy atom. The molecule has 2 fully saturated rings. The second-order valence-electron chi connectivity index (χ2n) is 10.4. The molecule has 0 radical (unpaired) electrons. The largest absolute Gasteiger partial charge is 0.349 e. The molecule has 0 atom stereocenters. The Morgan fingerprint density at radius 3 is 2.15 bits per heavy atom. The van der Waals surface area contributed by atoms with Gasteiger partial charge in [-0.2, -0.15) is 4.98 Å². The van der Waals surface area contributed by atoms with E-state index in [0.29, 0.717) is 38.6 Å². The summed E-state index contributed by atoms with van der Waals surface area (Å²) in [7, 11) is 0. The van der Waals surface area contributed by atoms with Gasteiger partial charge in [0.05, 0.1) is 16.9 Å². The van der Waals surface area contributed by atoms with E-state index in [1.54, 1.807) is 72.8 Å². The number of hydrogen-bond donors (Lipinski definition) is 5. The SMILES string of the molecule is O=C(Nc1ccccc1Cl)c1ccc(Nc2nc(Nc3ccc(C(=O)NC4CC5(CNC5)C4)cc3)ncc2F)cc1. The van der Waals surface area contributed by atoms with Crippen LogP contribution >= 0.6 is 11.6 Å². The molecule has 11 heteroatoms. The predicted octanol–water partition coefficient (Wildman–Crippen LogP) is 5.49. The van der Waals surface area contributed by atoms with Crippen molar-refractivity contribution in [3.05, 3.63) is 101 Å². The normalized spacial score (nSPS) is 15.4. The topological polar surface area (TPSA) is 120 Å². The van der Waals surface area contributed by atoms with Crippen LogP contribution in [-0.4, -0.2) is 40.9 Å². The van der Waals surface area contributed by atoms with E-state index >= 15 is 0 Å². The Balaban J connectivity index is 1.05. The van der Waals surface area contributed by atoms with Crippen molar-refractivity contribution in [3.8, 4) is 0 Å². The van der Waals surface area contributed by atoms with E-state index in [1.165, 1.54) is 0 Å². The van der Waals surface area contributed by atoms with Gasteiger partial charge in [0.25, 0.3) is 11.8 Å². The van der Waals surface area contributed by atoms with Gasteiger partial charge in [0.1, 0.15) is 0 Å². The molecule has 1 aromatic heterocycles. The van der Waals surface area contributed by atoms with E-state index in [-0.39, 0.29) is 29.6 Å². The van der Waals surface area contributed by atoms with Gasteiger partial charge in [0, 0.05) is 41.6 Å². The highest BCUT2D eigenvalue weighted by Crippen LogP contribution is 2.44. The number of carbonyl (C=O) groups excluding carboxylic acids is 2. The highest BCUT2D eigenvalue weighted by atomic mass is 35.5. The fourth-order valence-electron chi connectivity index (χ4n) is 5.07. The number of anilines is 5. The summed E-state index contributed by atoms with van der Waals surface area (Å²) >= 11 is 6.11. The Labute approximate surface area is 240 Å². The molecule has 9 nitrogen and oxygen atoms in total. The van der Waals surface area contributed by atoms with Crippen LogP contribution in [0.5, 0.6) is 0 Å². The van der Waals surface area contributed by atoms with E-state index in [1.807, 2.05) is 0 Å². The van der Waals surface area contributed by atoms with Gasteiger partial charge in [-0.3, -0.25) is 9.59 Å². The molecular formula is C30H27ClFN7O2. The van der Waals surface area contributed by atoms with Crippen molar-refractivity contribution < 1.29 is 14.0 Å². The lowest BCUT2D eigenvalue weighted by Gasteiger charge is -2.54. The average Bonchev–Trinajstić information content (AvgIpc) is 2.93. The summed E-state index contributed by atoms with van der Waals surface area (Å²) in [6, 6.07) is 20.6. The summed E-state index contributed by atoms with van der Waals surface area (Å²) < 4.78 is 14.5. The number of benzene rings is 3. The maximum Gasteiger partial charge on any atom is 0.255 e. The molecule has 1 saturated heterocycles. The molecule has 5 N–H and O–H groups in total. The van der Waals surface area contributed by atoms with Gasteiger partial charge in [0.15, 0.2) is 11.6 Å². The monoisotopic (exact) mass is 571 g/mol. The van der Waals surface area contributed by atoms with Gasteiger partial charge in [-0.15, -0.1) is 0 Å². The Bertz CT molecular complexity index is 1590. The summed E-state index contributed by atoms with van der Waals surface area (Å²) in [6.45, 7) is 2.08. The lowest BCUT2D eigenvalue weighted by atomic mass is 9.61. The molecule has 6 rings (SSSR count). The molecule has 41 heavy (non-hydrogen) atoms. The van der Waals surface area contributed by atoms with Gasteiger partial charge in [-0.25, -0.2) is 9.37 Å². The summed E-state index contributed by atoms with van der Waals surface area (Å²) in [5.74, 6) is -0.919. The second kappa shape index (κ2) is 11.1. The zero-order chi connectivity index (χ0) is 28.4. The predicted molar refractivity (Wildman–Crippen MR) is 157 cm³/mol. The van der Waals surface area contributed by atoms with Crippen molar-refractivity contribution in [2.75, 3.05) is 29.0 Å². The minimum atomic E-state index is -0.640. The molecule has 4 aromatic rings. The standard InChI is InChI=1S/C30H27ClFN7O2/c31-23-3-1-2-4-25(23)38-28(41)19-5-9-20(10-6-19)35-26-24(32)15-34-29(39-26)37-21-11-7-18(8-12-21)27(40)36-22-13-30(14-22)16-33-17-30/h1-12,15,22,33H,13-14,16-17H2,(H,36,40)(H,38,41)(H2,34,35,37,39). The van der Waals surface area contributed by atoms with Crippen LogP contribution in [0, 0.1) is 11.2 Å². The zero-order valence-corrected chi connectivity index (χ0v) is 22.6. The van der Waals surface area contributed by atoms with Crippen molar-refractivity contribution >= 4 is 52.2 Å². The molecule has 0 unspecified atom stereocenters. The minimum Gasteiger partial charge on any atom is -0.349 e. The van der Waals surface area contributed by atoms with Crippen molar-refractivity contribution in [2.24, 2.45) is 5.41 Å². The number of aromatic nitrogens is 2. The molecule has 1 saturated carbocycles. The van der Waals surface area contributed by atoms with E-state index in [2.05, 4.69) is 36.6 Å². The van der Waals surface area contributed by atoms with E-state index < -0.39 is 5.82 Å². The molecule has 0 bridgehead atoms. The van der Waals surface area contributed by atoms with Crippen LogP contribution in [0.2, 0.25) is 5.02 Å². The summed E-state index contributed by atoms with van der Waals surface area (Å²) in [5, 5.41) is 15.5. The average molecular weight is 572 g/mol. The lowest BCUT2D eigenvalue weighted by molar-refractivity contribution is 0.0232. The lowest BCUT2D eigenvalue weighted by Crippen LogP contribution is -2.65. The molecule has 3 aromatic carbocycles. The first-order chi connectivity index (χ1) is 19.9. The van der Waals surface area contributed by atoms with Crippen LogP contribution < -0.4 is 26.6 Å². The maximum absolute atomic E-state index is 14.5. The molecular weight excluding hydrogens is 545 g/mol. The van der Waals surface area contributed by atoms with Crippen molar-refractivity contribution in [3.63, 3.8) is 0 Å². The second-order valence-corrected chi connectivity index (χ2v) is 10.8. The van der Waals surface area contributed by atoms with Crippen LogP contribution in [0.15, 0.2) is 79.0 Å². The van der Waals surface area contributed by atoms with Crippen molar-refractivity contribution in [2.45, 2.75) is 18.9 Å². The van der Waals surface area contributed by atoms with Gasteiger partial charge >= 0.3 is 0 Å². The summed E-state index contributed by atoms with van der Waals surface area (Å²) in [5.41, 5.74) is 3.06. The van der Waals surface area contributed by atoms with Gasteiger partial charge in [0.2, 0.25) is 5.95 Å². The highest BCUT2D eigenvalue weighted by molar-refractivity contribution is 6.33. The first-order valence-corrected chi connectivity index (χ1v) is 13.6. The summed E-state index contributed by atoms with van der Waals surface area (Å²) in [4.78, 5) is 33.4. The number of hydrogen-bond acceptors (Lipinski definition) is 7. The molecule has 2 amide bonds. The number of carbonyl (C=O) groups is 2. The van der Waals surface area contributed by atoms with Gasteiger partial charge in [-0.05, 0) is 78.9 Å². The summed E-state index contributed by atoms with van der Waals surface area (Å²) in [6.07, 6.45) is 3.10. The van der Waals surface area contributed by atoms with Crippen molar-refractivity contribution in [1.29, 1.82) is 0 Å². The van der Waals surface area contributed by atoms with Crippen LogP contribution in [0.4, 0.5) is 33.2 Å². The van der Waals surface area contributed by atoms with Gasteiger partial charge in [-0.1, -0.05) is 23.7 Å². The van der Waals surface area contributed by atoms with E-state index in [4.69, 9.17) is 11.6 Å². The quantitative estimate of drug-likeness (QED) is 0.190. The molecule has 1 aliphatic heterocycles. The maximum atomic E-state index is 14.5. The number of amides is 2. The molecule has 208 valence electrons. The number of nitrogens with zero attached hydrogens (tertiary/aromatic N) is 2. The van der Waals surface area contributed by atoms with Crippen LogP contribution in [0.1, 0.15) is 33.6 Å². The number of halogens is 2. The fourth-order valence-corrected chi connectivity index (χ4v) is 5.25. The molecule has 2 heterocycles. The van der Waals surface area contributed by atoms with Crippen LogP contribution in [-0.2, 0) is 0 Å². The van der Waals surface area contributed by atoms with E-state index in [9.17, 15) is 14.0 Å². The zero-order valence-electron chi connectivity index (χ0n) is 21.9. The number of rotatable bonds is 8. The smallest absolute Gasteiger partial charge is 0.255 e. The van der Waals surface area contributed by atoms with Crippen LogP contribution in [0.25, 0.3) is 0 Å². The van der Waals surface area contributed by atoms with Crippen molar-refractivity contribution in [1.82, 2.24) is 20.6 Å².